The second kappa shape index (κ2) is 43.3. The molecule has 0 heterocycles. The van der Waals surface area contributed by atoms with Gasteiger partial charge in [-0.3, -0.25) is 9.59 Å². The van der Waals surface area contributed by atoms with Gasteiger partial charge in [-0.1, -0.05) is 182 Å². The van der Waals surface area contributed by atoms with Crippen LogP contribution in [0.2, 0.25) is 0 Å². The lowest BCUT2D eigenvalue weighted by atomic mass is 9.94. The van der Waals surface area contributed by atoms with Crippen LogP contribution in [-0.2, 0) is 19.1 Å². The number of hydrogen-bond donors (Lipinski definition) is 1. The van der Waals surface area contributed by atoms with Crippen LogP contribution in [0, 0.1) is 5.92 Å². The fourth-order valence-electron chi connectivity index (χ4n) is 6.91. The molecule has 0 radical (unpaired) electrons. The van der Waals surface area contributed by atoms with Gasteiger partial charge in [0.1, 0.15) is 0 Å². The molecule has 306 valence electrons. The van der Waals surface area contributed by atoms with Crippen molar-refractivity contribution in [2.24, 2.45) is 5.92 Å². The zero-order valence-corrected chi connectivity index (χ0v) is 34.0. The van der Waals surface area contributed by atoms with E-state index in [-0.39, 0.29) is 31.9 Å². The second-order valence-corrected chi connectivity index (χ2v) is 15.2. The van der Waals surface area contributed by atoms with E-state index >= 15 is 0 Å². The van der Waals surface area contributed by atoms with Gasteiger partial charge < -0.3 is 19.5 Å². The maximum absolute atomic E-state index is 12.9. The van der Waals surface area contributed by atoms with Gasteiger partial charge >= 0.3 is 11.9 Å². The first-order chi connectivity index (χ1) is 24.6. The summed E-state index contributed by atoms with van der Waals surface area (Å²) in [4.78, 5) is 27.3. The number of nitrogens with zero attached hydrogens (tertiary/aromatic N) is 1. The minimum absolute atomic E-state index is 0. The normalized spacial score (nSPS) is 11.3. The number of aliphatic hydroxyl groups excluding tert-OH is 1. The van der Waals surface area contributed by atoms with Gasteiger partial charge in [-0.25, -0.2) is 0 Å². The predicted octanol–water partition coefficient (Wildman–Crippen LogP) is 13.2. The molecule has 0 aliphatic carbocycles. The van der Waals surface area contributed by atoms with Gasteiger partial charge in [0.15, 0.2) is 0 Å². The molecule has 0 saturated heterocycles. The Bertz CT molecular complexity index is 686. The Morgan fingerprint density at radius 2 is 0.843 bits per heavy atom. The number of hydrogen-bond acceptors (Lipinski definition) is 6. The van der Waals surface area contributed by atoms with Gasteiger partial charge in [-0.15, -0.1) is 0 Å². The molecule has 0 aromatic carbocycles. The summed E-state index contributed by atoms with van der Waals surface area (Å²) >= 11 is 0. The predicted molar refractivity (Wildman–Crippen MR) is 220 cm³/mol. The lowest BCUT2D eigenvalue weighted by molar-refractivity contribution is -0.149. The van der Waals surface area contributed by atoms with E-state index in [4.69, 9.17) is 9.47 Å². The van der Waals surface area contributed by atoms with Crippen molar-refractivity contribution in [3.63, 3.8) is 0 Å². The van der Waals surface area contributed by atoms with Gasteiger partial charge in [-0.2, -0.15) is 0 Å². The van der Waals surface area contributed by atoms with Crippen molar-refractivity contribution in [2.75, 3.05) is 39.5 Å². The monoisotopic (exact) mass is 726 g/mol. The molecule has 0 rings (SSSR count). The molecule has 0 unspecified atom stereocenters. The highest BCUT2D eigenvalue weighted by molar-refractivity contribution is 5.72. The van der Waals surface area contributed by atoms with Crippen LogP contribution in [-0.4, -0.2) is 61.4 Å². The topological polar surface area (TPSA) is 76.1 Å². The summed E-state index contributed by atoms with van der Waals surface area (Å²) in [5.41, 5.74) is 0. The zero-order chi connectivity index (χ0) is 36.6. The quantitative estimate of drug-likeness (QED) is 0.0499. The largest absolute Gasteiger partial charge is 0.466 e. The first kappa shape index (κ1) is 52.0. The third kappa shape index (κ3) is 38.4. The van der Waals surface area contributed by atoms with Crippen LogP contribution in [0.3, 0.4) is 0 Å². The summed E-state index contributed by atoms with van der Waals surface area (Å²) in [6.45, 7) is 10.9. The fourth-order valence-corrected chi connectivity index (χ4v) is 6.91. The number of esters is 2. The molecule has 0 atom stereocenters. The fraction of sp³-hybridized carbons (Fsp3) is 0.956. The number of rotatable bonds is 41. The number of ether oxygens (including phenoxy) is 2. The molecular weight excluding hydrogens is 634 g/mol. The Labute approximate surface area is 319 Å². The Morgan fingerprint density at radius 3 is 1.29 bits per heavy atom. The molecule has 0 amide bonds. The van der Waals surface area contributed by atoms with E-state index in [0.29, 0.717) is 19.6 Å². The molecule has 0 bridgehead atoms. The zero-order valence-electron chi connectivity index (χ0n) is 34.0. The standard InChI is InChI=1S/C44H87NO5.CH4/c1-4-7-10-13-16-24-31-40-49-43(47)35-28-21-17-22-29-36-45(38-39-46)37-30-23-18-25-32-41-50-44(48)42(33-26-19-14-11-8-5-2)34-27-20-15-12-9-6-3;/h42,46H,4-41H2,1-3H3;1H4. The summed E-state index contributed by atoms with van der Waals surface area (Å²) < 4.78 is 11.2. The third-order valence-corrected chi connectivity index (χ3v) is 10.3. The Hall–Kier alpha value is -1.14. The summed E-state index contributed by atoms with van der Waals surface area (Å²) in [5.74, 6) is 0.124. The SMILES string of the molecule is C.CCCCCCCCCOC(=O)CCCCCCCN(CCO)CCCCCCCOC(=O)C(CCCCCCCC)CCCCCCCC. The molecule has 0 aromatic heterocycles. The summed E-state index contributed by atoms with van der Waals surface area (Å²) in [5, 5.41) is 9.54. The third-order valence-electron chi connectivity index (χ3n) is 10.3. The lowest BCUT2D eigenvalue weighted by Crippen LogP contribution is -2.29. The van der Waals surface area contributed by atoms with Crippen molar-refractivity contribution >= 4 is 11.9 Å². The molecule has 0 aromatic rings. The lowest BCUT2D eigenvalue weighted by Gasteiger charge is -2.21. The van der Waals surface area contributed by atoms with E-state index in [1.54, 1.807) is 0 Å². The maximum atomic E-state index is 12.9. The van der Waals surface area contributed by atoms with Crippen molar-refractivity contribution in [3.05, 3.63) is 0 Å². The Morgan fingerprint density at radius 1 is 0.471 bits per heavy atom. The number of unbranched alkanes of at least 4 members (excludes halogenated alkanes) is 24. The van der Waals surface area contributed by atoms with Crippen molar-refractivity contribution in [2.45, 2.75) is 234 Å². The first-order valence-corrected chi connectivity index (χ1v) is 22.2. The molecule has 0 aliphatic rings. The number of carbonyl (C=O) groups is 2. The smallest absolute Gasteiger partial charge is 0.308 e. The Balaban J connectivity index is 0. The second-order valence-electron chi connectivity index (χ2n) is 15.2. The van der Waals surface area contributed by atoms with Gasteiger partial charge in [0.05, 0.1) is 25.7 Å². The van der Waals surface area contributed by atoms with Gasteiger partial charge in [0.25, 0.3) is 0 Å². The van der Waals surface area contributed by atoms with E-state index < -0.39 is 0 Å². The minimum Gasteiger partial charge on any atom is -0.466 e. The summed E-state index contributed by atoms with van der Waals surface area (Å²) in [7, 11) is 0. The molecule has 51 heavy (non-hydrogen) atoms. The van der Waals surface area contributed by atoms with E-state index in [2.05, 4.69) is 25.7 Å². The van der Waals surface area contributed by atoms with Crippen LogP contribution in [0.25, 0.3) is 0 Å². The van der Waals surface area contributed by atoms with Crippen molar-refractivity contribution < 1.29 is 24.2 Å². The molecule has 0 saturated carbocycles. The van der Waals surface area contributed by atoms with Crippen molar-refractivity contribution in [3.8, 4) is 0 Å². The van der Waals surface area contributed by atoms with Gasteiger partial charge in [-0.05, 0) is 58.0 Å². The summed E-state index contributed by atoms with van der Waals surface area (Å²) in [6, 6.07) is 0. The van der Waals surface area contributed by atoms with Gasteiger partial charge in [0.2, 0.25) is 0 Å². The maximum Gasteiger partial charge on any atom is 0.308 e. The van der Waals surface area contributed by atoms with E-state index in [9.17, 15) is 14.7 Å². The van der Waals surface area contributed by atoms with Crippen molar-refractivity contribution in [1.29, 1.82) is 0 Å². The minimum atomic E-state index is -0.0302. The van der Waals surface area contributed by atoms with E-state index in [0.717, 1.165) is 96.7 Å². The van der Waals surface area contributed by atoms with E-state index in [1.165, 1.54) is 122 Å². The van der Waals surface area contributed by atoms with Crippen LogP contribution < -0.4 is 0 Å². The first-order valence-electron chi connectivity index (χ1n) is 22.2. The highest BCUT2D eigenvalue weighted by Crippen LogP contribution is 2.21. The Kier molecular flexibility index (Phi) is 44.1. The van der Waals surface area contributed by atoms with Gasteiger partial charge in [0, 0.05) is 13.0 Å². The van der Waals surface area contributed by atoms with Crippen LogP contribution in [0.4, 0.5) is 0 Å². The highest BCUT2D eigenvalue weighted by Gasteiger charge is 2.19. The molecule has 0 spiro atoms. The average Bonchev–Trinajstić information content (AvgIpc) is 3.11. The number of carbonyl (C=O) groups excluding carboxylic acids is 2. The highest BCUT2D eigenvalue weighted by atomic mass is 16.5. The molecule has 0 fully saturated rings. The van der Waals surface area contributed by atoms with E-state index in [1.807, 2.05) is 0 Å². The van der Waals surface area contributed by atoms with Crippen LogP contribution in [0.5, 0.6) is 0 Å². The summed E-state index contributed by atoms with van der Waals surface area (Å²) in [6.07, 6.45) is 37.5. The van der Waals surface area contributed by atoms with Crippen LogP contribution >= 0.6 is 0 Å². The van der Waals surface area contributed by atoms with Crippen LogP contribution in [0.1, 0.15) is 234 Å². The van der Waals surface area contributed by atoms with Crippen molar-refractivity contribution in [1.82, 2.24) is 4.90 Å². The molecule has 0 aliphatic heterocycles. The molecular formula is C45H91NO5. The molecule has 6 nitrogen and oxygen atoms in total. The molecule has 6 heteroatoms. The number of aliphatic hydroxyl groups is 1. The molecule has 1 N–H and O–H groups in total. The van der Waals surface area contributed by atoms with Crippen LogP contribution in [0.15, 0.2) is 0 Å². The average molecular weight is 726 g/mol.